The van der Waals surface area contributed by atoms with Crippen LogP contribution >= 0.6 is 0 Å². The fourth-order valence-corrected chi connectivity index (χ4v) is 6.18. The largest absolute Gasteiger partial charge is 0.480 e. The summed E-state index contributed by atoms with van der Waals surface area (Å²) in [6.07, 6.45) is 4.27. The summed E-state index contributed by atoms with van der Waals surface area (Å²) in [6.45, 7) is 4.75. The summed E-state index contributed by atoms with van der Waals surface area (Å²) in [7, 11) is -3.41. The number of nitriles is 1. The Labute approximate surface area is 246 Å². The fraction of sp³-hybridized carbons (Fsp3) is 0.207. The van der Waals surface area contributed by atoms with Crippen LogP contribution in [-0.4, -0.2) is 67.0 Å². The Hall–Kier alpha value is -5.16. The Balaban J connectivity index is 1.52. The molecule has 0 aliphatic carbocycles. The van der Waals surface area contributed by atoms with Gasteiger partial charge in [0, 0.05) is 36.8 Å². The first kappa shape index (κ1) is 29.3. The van der Waals surface area contributed by atoms with E-state index in [0.29, 0.717) is 47.5 Å². The lowest BCUT2D eigenvalue weighted by atomic mass is 10.0. The molecule has 220 valence electrons. The number of carbonyl (C=O) groups is 1. The number of hydrogen-bond acceptors (Lipinski definition) is 9. The Morgan fingerprint density at radius 3 is 2.63 bits per heavy atom. The minimum atomic E-state index is -4.69. The van der Waals surface area contributed by atoms with E-state index in [9.17, 15) is 27.3 Å². The van der Waals surface area contributed by atoms with Gasteiger partial charge in [-0.2, -0.15) is 5.26 Å². The maximum atomic E-state index is 14.3. The SMILES string of the molecule is C=CC(=O)N1CCN(c2ncnc3ccc(-c4cnc(OC)c(NS(=O)(=O)c5c(F)cccc5F)c4)cc23)C[C@@H]1CC#N. The van der Waals surface area contributed by atoms with Crippen LogP contribution in [0.4, 0.5) is 20.3 Å². The van der Waals surface area contributed by atoms with Gasteiger partial charge < -0.3 is 14.5 Å². The van der Waals surface area contributed by atoms with Crippen LogP contribution < -0.4 is 14.4 Å². The van der Waals surface area contributed by atoms with E-state index in [1.165, 1.54) is 31.8 Å². The maximum Gasteiger partial charge on any atom is 0.267 e. The molecule has 1 aliphatic heterocycles. The molecule has 43 heavy (non-hydrogen) atoms. The summed E-state index contributed by atoms with van der Waals surface area (Å²) < 4.78 is 61.9. The number of methoxy groups -OCH3 is 1. The predicted molar refractivity (Wildman–Crippen MR) is 155 cm³/mol. The van der Waals surface area contributed by atoms with Crippen molar-refractivity contribution in [3.05, 3.63) is 79.3 Å². The van der Waals surface area contributed by atoms with Crippen LogP contribution in [0.2, 0.25) is 0 Å². The van der Waals surface area contributed by atoms with Gasteiger partial charge in [-0.25, -0.2) is 32.2 Å². The first-order valence-corrected chi connectivity index (χ1v) is 14.5. The molecule has 3 heterocycles. The molecule has 1 atom stereocenters. The number of benzene rings is 2. The summed E-state index contributed by atoms with van der Waals surface area (Å²) in [5.41, 5.74) is 1.58. The minimum absolute atomic E-state index is 0.107. The van der Waals surface area contributed by atoms with Crippen molar-refractivity contribution in [3.63, 3.8) is 0 Å². The van der Waals surface area contributed by atoms with Crippen molar-refractivity contribution in [2.24, 2.45) is 0 Å². The van der Waals surface area contributed by atoms with Crippen LogP contribution in [0.15, 0.2) is 72.5 Å². The predicted octanol–water partition coefficient (Wildman–Crippen LogP) is 3.90. The highest BCUT2D eigenvalue weighted by atomic mass is 32.2. The lowest BCUT2D eigenvalue weighted by molar-refractivity contribution is -0.128. The topological polar surface area (TPSA) is 141 Å². The number of nitrogens with one attached hydrogen (secondary N) is 1. The molecule has 0 bridgehead atoms. The number of aromatic nitrogens is 3. The summed E-state index contributed by atoms with van der Waals surface area (Å²) in [5, 5.41) is 10.0. The van der Waals surface area contributed by atoms with E-state index < -0.39 is 26.6 Å². The normalized spacial score (nSPS) is 15.2. The Morgan fingerprint density at radius 1 is 1.16 bits per heavy atom. The lowest BCUT2D eigenvalue weighted by Gasteiger charge is -2.41. The van der Waals surface area contributed by atoms with Crippen molar-refractivity contribution >= 4 is 38.3 Å². The summed E-state index contributed by atoms with van der Waals surface area (Å²) in [4.78, 5) is 27.9. The Kier molecular flexibility index (Phi) is 8.18. The second kappa shape index (κ2) is 12.0. The Bertz CT molecular complexity index is 1860. The van der Waals surface area contributed by atoms with Crippen molar-refractivity contribution in [2.45, 2.75) is 17.4 Å². The fourth-order valence-electron chi connectivity index (χ4n) is 4.99. The molecule has 0 radical (unpaired) electrons. The number of pyridine rings is 1. The molecule has 1 aliphatic rings. The molecule has 14 heteroatoms. The Morgan fingerprint density at radius 2 is 1.93 bits per heavy atom. The number of carbonyl (C=O) groups excluding carboxylic acids is 1. The highest BCUT2D eigenvalue weighted by Crippen LogP contribution is 2.34. The van der Waals surface area contributed by atoms with Gasteiger partial charge in [-0.3, -0.25) is 9.52 Å². The monoisotopic (exact) mass is 605 g/mol. The average Bonchev–Trinajstić information content (AvgIpc) is 3.00. The minimum Gasteiger partial charge on any atom is -0.480 e. The molecular weight excluding hydrogens is 580 g/mol. The molecule has 1 amide bonds. The van der Waals surface area contributed by atoms with Gasteiger partial charge >= 0.3 is 0 Å². The lowest BCUT2D eigenvalue weighted by Crippen LogP contribution is -2.55. The van der Waals surface area contributed by atoms with E-state index in [2.05, 4.69) is 32.3 Å². The van der Waals surface area contributed by atoms with Crippen molar-refractivity contribution < 1.29 is 26.7 Å². The van der Waals surface area contributed by atoms with E-state index in [1.807, 2.05) is 11.0 Å². The van der Waals surface area contributed by atoms with Crippen molar-refractivity contribution in [1.82, 2.24) is 19.9 Å². The highest BCUT2D eigenvalue weighted by molar-refractivity contribution is 7.92. The zero-order valence-electron chi connectivity index (χ0n) is 22.9. The third-order valence-corrected chi connectivity index (χ3v) is 8.41. The van der Waals surface area contributed by atoms with Gasteiger partial charge in [0.25, 0.3) is 10.0 Å². The first-order valence-electron chi connectivity index (χ1n) is 13.0. The smallest absolute Gasteiger partial charge is 0.267 e. The molecule has 0 saturated carbocycles. The summed E-state index contributed by atoms with van der Waals surface area (Å²) in [6, 6.07) is 11.3. The molecule has 4 aromatic rings. The number of rotatable bonds is 8. The molecule has 2 aromatic carbocycles. The second-order valence-electron chi connectivity index (χ2n) is 9.56. The molecule has 1 saturated heterocycles. The van der Waals surface area contributed by atoms with Gasteiger partial charge in [0.1, 0.15) is 29.5 Å². The molecule has 0 unspecified atom stereocenters. The van der Waals surface area contributed by atoms with Gasteiger partial charge in [-0.1, -0.05) is 18.7 Å². The van der Waals surface area contributed by atoms with E-state index >= 15 is 0 Å². The van der Waals surface area contributed by atoms with Crippen LogP contribution in [0.3, 0.4) is 0 Å². The highest BCUT2D eigenvalue weighted by Gasteiger charge is 2.31. The average molecular weight is 606 g/mol. The van der Waals surface area contributed by atoms with Crippen molar-refractivity contribution in [2.75, 3.05) is 36.4 Å². The van der Waals surface area contributed by atoms with Crippen molar-refractivity contribution in [1.29, 1.82) is 5.26 Å². The zero-order valence-corrected chi connectivity index (χ0v) is 23.7. The zero-order chi connectivity index (χ0) is 30.7. The number of amides is 1. The van der Waals surface area contributed by atoms with Crippen LogP contribution in [-0.2, 0) is 14.8 Å². The van der Waals surface area contributed by atoms with E-state index in [-0.39, 0.29) is 29.9 Å². The maximum absolute atomic E-state index is 14.3. The van der Waals surface area contributed by atoms with Crippen LogP contribution in [0, 0.1) is 23.0 Å². The summed E-state index contributed by atoms with van der Waals surface area (Å²) in [5.74, 6) is -2.25. The third-order valence-electron chi connectivity index (χ3n) is 6.99. The molecule has 5 rings (SSSR count). The van der Waals surface area contributed by atoms with E-state index in [4.69, 9.17) is 4.74 Å². The van der Waals surface area contributed by atoms with Crippen LogP contribution in [0.1, 0.15) is 6.42 Å². The summed E-state index contributed by atoms with van der Waals surface area (Å²) >= 11 is 0. The standard InChI is InChI=1S/C29H25F2N7O4S/c1-3-26(39)38-12-11-37(16-20(38)9-10-32)28-21-13-18(7-8-24(21)34-17-35-28)19-14-25(29(42-2)33-15-19)36-43(40,41)27-22(30)5-4-6-23(27)31/h3-8,13-15,17,20,36H,1,9,11-12,16H2,2H3/t20-/m0/s1. The van der Waals surface area contributed by atoms with Gasteiger partial charge in [-0.05, 0) is 42.0 Å². The number of fused-ring (bicyclic) bond motifs is 1. The third kappa shape index (κ3) is 5.80. The molecule has 1 fully saturated rings. The van der Waals surface area contributed by atoms with Crippen LogP contribution in [0.5, 0.6) is 5.88 Å². The molecule has 2 aromatic heterocycles. The number of ether oxygens (including phenoxy) is 1. The number of sulfonamides is 1. The molecule has 11 nitrogen and oxygen atoms in total. The van der Waals surface area contributed by atoms with Crippen LogP contribution in [0.25, 0.3) is 22.0 Å². The number of nitrogens with zero attached hydrogens (tertiary/aromatic N) is 6. The molecular formula is C29H25F2N7O4S. The number of hydrogen-bond donors (Lipinski definition) is 1. The molecule has 0 spiro atoms. The van der Waals surface area contributed by atoms with Gasteiger partial charge in [0.2, 0.25) is 11.8 Å². The number of piperazine rings is 1. The van der Waals surface area contributed by atoms with Gasteiger partial charge in [0.05, 0.1) is 31.2 Å². The second-order valence-corrected chi connectivity index (χ2v) is 11.2. The quantitative estimate of drug-likeness (QED) is 0.296. The van der Waals surface area contributed by atoms with Crippen molar-refractivity contribution in [3.8, 4) is 23.1 Å². The van der Waals surface area contributed by atoms with Gasteiger partial charge in [-0.15, -0.1) is 0 Å². The number of anilines is 2. The number of halogens is 2. The van der Waals surface area contributed by atoms with Gasteiger partial charge in [0.15, 0.2) is 4.90 Å². The van der Waals surface area contributed by atoms with E-state index in [1.54, 1.807) is 17.0 Å². The first-order chi connectivity index (χ1) is 20.7. The van der Waals surface area contributed by atoms with E-state index in [0.717, 1.165) is 18.2 Å². The molecule has 1 N–H and O–H groups in total.